The van der Waals surface area contributed by atoms with E-state index in [2.05, 4.69) is 217 Å². The number of fused-ring (bicyclic) bond motifs is 3. The summed E-state index contributed by atoms with van der Waals surface area (Å²) in [6, 6.07) is 83.9. The molecule has 0 amide bonds. The summed E-state index contributed by atoms with van der Waals surface area (Å²) in [7, 11) is 2.17. The van der Waals surface area contributed by atoms with Gasteiger partial charge in [0.2, 0.25) is 0 Å². The van der Waals surface area contributed by atoms with Gasteiger partial charge in [0, 0.05) is 57.1 Å². The summed E-state index contributed by atoms with van der Waals surface area (Å²) < 4.78 is 2.38. The van der Waals surface area contributed by atoms with Crippen molar-refractivity contribution in [3.05, 3.63) is 237 Å². The van der Waals surface area contributed by atoms with Gasteiger partial charge in [-0.3, -0.25) is 0 Å². The van der Waals surface area contributed by atoms with Gasteiger partial charge in [-0.15, -0.1) is 0 Å². The van der Waals surface area contributed by atoms with Crippen LogP contribution in [0.1, 0.15) is 0 Å². The smallest absolute Gasteiger partial charge is 0.160 e. The molecule has 4 nitrogen and oxygen atoms in total. The fraction of sp³-hybridized carbons (Fsp3) is 0.0169. The first kappa shape index (κ1) is 37.6. The number of anilines is 2. The zero-order chi connectivity index (χ0) is 42.1. The Kier molecular flexibility index (Phi) is 9.72. The van der Waals surface area contributed by atoms with E-state index in [0.717, 1.165) is 61.8 Å². The third-order valence-corrected chi connectivity index (χ3v) is 12.0. The number of hydrogen-bond donors (Lipinski definition) is 0. The van der Waals surface area contributed by atoms with E-state index < -0.39 is 0 Å². The molecule has 0 radical (unpaired) electrons. The van der Waals surface area contributed by atoms with Crippen molar-refractivity contribution in [1.82, 2.24) is 14.5 Å². The molecule has 2 aromatic heterocycles. The Morgan fingerprint density at radius 3 is 1.71 bits per heavy atom. The Morgan fingerprint density at radius 2 is 0.921 bits per heavy atom. The van der Waals surface area contributed by atoms with Crippen LogP contribution >= 0.6 is 0 Å². The standard InChI is InChI=1S/C59H42N4/c1-62(49-27-16-23-46(39-49)51-30-17-33-57-58(51)52-29-12-14-32-56(52)63(57)48-25-9-4-10-26-48)55-31-13-11-28-50(55)42-36-34-41(35-37-42)45-22-15-24-47(38-45)54-40-53(43-18-5-2-6-19-43)60-59(61-54)44-20-7-3-8-21-44/h2-40H,1H3. The second-order valence-electron chi connectivity index (χ2n) is 15.9. The Balaban J connectivity index is 0.912. The zero-order valence-electron chi connectivity index (χ0n) is 34.8. The van der Waals surface area contributed by atoms with E-state index in [4.69, 9.17) is 9.97 Å². The molecule has 11 aromatic rings. The summed E-state index contributed by atoms with van der Waals surface area (Å²) in [4.78, 5) is 12.4. The predicted octanol–water partition coefficient (Wildman–Crippen LogP) is 15.3. The minimum Gasteiger partial charge on any atom is -0.344 e. The highest BCUT2D eigenvalue weighted by Crippen LogP contribution is 2.41. The lowest BCUT2D eigenvalue weighted by molar-refractivity contribution is 1.18. The van der Waals surface area contributed by atoms with E-state index in [-0.39, 0.29) is 0 Å². The lowest BCUT2D eigenvalue weighted by Crippen LogP contribution is -2.10. The molecule has 63 heavy (non-hydrogen) atoms. The maximum atomic E-state index is 5.08. The monoisotopic (exact) mass is 806 g/mol. The third-order valence-electron chi connectivity index (χ3n) is 12.0. The number of benzene rings is 9. The van der Waals surface area contributed by atoms with Crippen molar-refractivity contribution >= 4 is 33.2 Å². The molecular formula is C59H42N4. The van der Waals surface area contributed by atoms with Crippen LogP contribution < -0.4 is 4.90 Å². The minimum atomic E-state index is 0.710. The Hall–Kier alpha value is -8.34. The molecule has 0 bridgehead atoms. The maximum absolute atomic E-state index is 5.08. The first-order valence-electron chi connectivity index (χ1n) is 21.4. The quantitative estimate of drug-likeness (QED) is 0.146. The van der Waals surface area contributed by atoms with E-state index in [1.54, 1.807) is 0 Å². The van der Waals surface area contributed by atoms with Crippen LogP contribution in [0.25, 0.3) is 94.8 Å². The second-order valence-corrected chi connectivity index (χ2v) is 15.9. The zero-order valence-corrected chi connectivity index (χ0v) is 34.8. The van der Waals surface area contributed by atoms with Crippen LogP contribution in [0.2, 0.25) is 0 Å². The normalized spacial score (nSPS) is 11.3. The van der Waals surface area contributed by atoms with E-state index in [1.807, 2.05) is 36.4 Å². The highest BCUT2D eigenvalue weighted by molar-refractivity contribution is 6.15. The summed E-state index contributed by atoms with van der Waals surface area (Å²) in [6.07, 6.45) is 0. The third kappa shape index (κ3) is 7.14. The predicted molar refractivity (Wildman–Crippen MR) is 263 cm³/mol. The molecule has 9 aromatic carbocycles. The number of nitrogens with zero attached hydrogens (tertiary/aromatic N) is 4. The van der Waals surface area contributed by atoms with Gasteiger partial charge in [0.25, 0.3) is 0 Å². The van der Waals surface area contributed by atoms with Gasteiger partial charge in [0.15, 0.2) is 5.82 Å². The topological polar surface area (TPSA) is 34.0 Å². The molecule has 0 aliphatic rings. The Morgan fingerprint density at radius 1 is 0.365 bits per heavy atom. The van der Waals surface area contributed by atoms with Crippen LogP contribution in [0, 0.1) is 0 Å². The van der Waals surface area contributed by atoms with Crippen molar-refractivity contribution < 1.29 is 0 Å². The van der Waals surface area contributed by atoms with E-state index >= 15 is 0 Å². The minimum absolute atomic E-state index is 0.710. The highest BCUT2D eigenvalue weighted by Gasteiger charge is 2.18. The van der Waals surface area contributed by atoms with Crippen molar-refractivity contribution in [2.45, 2.75) is 0 Å². The van der Waals surface area contributed by atoms with Gasteiger partial charge < -0.3 is 9.47 Å². The summed E-state index contributed by atoms with van der Waals surface area (Å²) in [5.74, 6) is 0.710. The van der Waals surface area contributed by atoms with Crippen molar-refractivity contribution in [2.75, 3.05) is 11.9 Å². The van der Waals surface area contributed by atoms with E-state index in [9.17, 15) is 0 Å². The average molecular weight is 807 g/mol. The van der Waals surface area contributed by atoms with Crippen LogP contribution in [0.5, 0.6) is 0 Å². The fourth-order valence-electron chi connectivity index (χ4n) is 8.92. The second kappa shape index (κ2) is 16.3. The van der Waals surface area contributed by atoms with Crippen molar-refractivity contribution in [2.24, 2.45) is 0 Å². The van der Waals surface area contributed by atoms with Gasteiger partial charge in [-0.25, -0.2) is 9.97 Å². The Labute approximate surface area is 367 Å². The molecule has 0 saturated carbocycles. The number of aromatic nitrogens is 3. The summed E-state index contributed by atoms with van der Waals surface area (Å²) >= 11 is 0. The number of rotatable bonds is 9. The molecule has 0 fully saturated rings. The fourth-order valence-corrected chi connectivity index (χ4v) is 8.92. The molecule has 298 valence electrons. The average Bonchev–Trinajstić information content (AvgIpc) is 3.71. The van der Waals surface area contributed by atoms with Crippen LogP contribution in [0.3, 0.4) is 0 Å². The van der Waals surface area contributed by atoms with Crippen LogP contribution in [-0.4, -0.2) is 21.6 Å². The van der Waals surface area contributed by atoms with Crippen LogP contribution in [0.15, 0.2) is 237 Å². The first-order chi connectivity index (χ1) is 31.2. The largest absolute Gasteiger partial charge is 0.344 e. The van der Waals surface area contributed by atoms with Gasteiger partial charge in [-0.05, 0) is 82.4 Å². The van der Waals surface area contributed by atoms with Crippen molar-refractivity contribution in [3.63, 3.8) is 0 Å². The summed E-state index contributed by atoms with van der Waals surface area (Å²) in [5.41, 5.74) is 17.7. The molecule has 0 spiro atoms. The lowest BCUT2D eigenvalue weighted by Gasteiger charge is -2.24. The number of hydrogen-bond acceptors (Lipinski definition) is 3. The molecule has 0 N–H and O–H groups in total. The van der Waals surface area contributed by atoms with Gasteiger partial charge in [-0.2, -0.15) is 0 Å². The lowest BCUT2D eigenvalue weighted by atomic mass is 9.96. The highest BCUT2D eigenvalue weighted by atomic mass is 15.1. The van der Waals surface area contributed by atoms with E-state index in [1.165, 1.54) is 38.5 Å². The van der Waals surface area contributed by atoms with Crippen molar-refractivity contribution in [3.8, 4) is 73.0 Å². The molecule has 0 aliphatic carbocycles. The van der Waals surface area contributed by atoms with Gasteiger partial charge in [0.1, 0.15) is 0 Å². The summed E-state index contributed by atoms with van der Waals surface area (Å²) in [6.45, 7) is 0. The molecule has 4 heteroatoms. The molecule has 0 atom stereocenters. The van der Waals surface area contributed by atoms with Gasteiger partial charge in [-0.1, -0.05) is 182 Å². The molecule has 0 saturated heterocycles. The van der Waals surface area contributed by atoms with Crippen molar-refractivity contribution in [1.29, 1.82) is 0 Å². The number of para-hydroxylation sites is 3. The molecule has 0 unspecified atom stereocenters. The van der Waals surface area contributed by atoms with Gasteiger partial charge >= 0.3 is 0 Å². The molecular weight excluding hydrogens is 765 g/mol. The van der Waals surface area contributed by atoms with Crippen LogP contribution in [0.4, 0.5) is 11.4 Å². The molecule has 11 rings (SSSR count). The molecule has 2 heterocycles. The van der Waals surface area contributed by atoms with Gasteiger partial charge in [0.05, 0.1) is 22.4 Å². The summed E-state index contributed by atoms with van der Waals surface area (Å²) in [5, 5.41) is 2.50. The molecule has 0 aliphatic heterocycles. The first-order valence-corrected chi connectivity index (χ1v) is 21.4. The maximum Gasteiger partial charge on any atom is 0.160 e. The van der Waals surface area contributed by atoms with Crippen LogP contribution in [-0.2, 0) is 0 Å². The SMILES string of the molecule is CN(c1cccc(-c2cccc3c2c2ccccc2n3-c2ccccc2)c1)c1ccccc1-c1ccc(-c2cccc(-c3cc(-c4ccccc4)nc(-c4ccccc4)n3)c2)cc1. The van der Waals surface area contributed by atoms with E-state index in [0.29, 0.717) is 5.82 Å². The Bertz CT molecular complexity index is 3330.